The normalized spacial score (nSPS) is 20.6. The zero-order valence-electron chi connectivity index (χ0n) is 12.9. The van der Waals surface area contributed by atoms with Gasteiger partial charge < -0.3 is 0 Å². The summed E-state index contributed by atoms with van der Waals surface area (Å²) < 4.78 is 45.2. The summed E-state index contributed by atoms with van der Waals surface area (Å²) in [6.45, 7) is 2.79. The smallest absolute Gasteiger partial charge is 0.0843 e. The van der Waals surface area contributed by atoms with Gasteiger partial charge in [-0.15, -0.1) is 0 Å². The maximum absolute atomic E-state index is 7.79. The summed E-state index contributed by atoms with van der Waals surface area (Å²) in [4.78, 5) is 3.50. The molecule has 0 aromatic carbocycles. The van der Waals surface area contributed by atoms with E-state index in [0.717, 1.165) is 0 Å². The van der Waals surface area contributed by atoms with Crippen molar-refractivity contribution in [2.24, 2.45) is 0 Å². The largest absolute Gasteiger partial charge is 0.264 e. The first-order chi connectivity index (χ1) is 7.46. The van der Waals surface area contributed by atoms with Gasteiger partial charge in [0.2, 0.25) is 0 Å². The standard InChI is InChI=1S/C10H15N/c1-8-7-11-6-5-9(8)10(2,3)4/h5-7H,1-4H3/i1D3,5D,6D,7D. The molecular formula is C10H15N. The summed E-state index contributed by atoms with van der Waals surface area (Å²) in [5, 5.41) is 0. The van der Waals surface area contributed by atoms with E-state index in [1.54, 1.807) is 20.8 Å². The van der Waals surface area contributed by atoms with Crippen molar-refractivity contribution in [1.82, 2.24) is 4.98 Å². The van der Waals surface area contributed by atoms with Crippen molar-refractivity contribution in [1.29, 1.82) is 0 Å². The molecule has 1 heteroatoms. The highest BCUT2D eigenvalue weighted by molar-refractivity contribution is 5.28. The van der Waals surface area contributed by atoms with E-state index >= 15 is 0 Å². The van der Waals surface area contributed by atoms with Crippen LogP contribution in [0.4, 0.5) is 0 Å². The Kier molecular flexibility index (Phi) is 0.784. The molecule has 0 saturated heterocycles. The fourth-order valence-electron chi connectivity index (χ4n) is 0.849. The first-order valence-electron chi connectivity index (χ1n) is 6.45. The second kappa shape index (κ2) is 2.65. The number of nitrogens with zero attached hydrogens (tertiary/aromatic N) is 1. The van der Waals surface area contributed by atoms with E-state index in [2.05, 4.69) is 4.98 Å². The van der Waals surface area contributed by atoms with Crippen LogP contribution >= 0.6 is 0 Å². The van der Waals surface area contributed by atoms with Gasteiger partial charge in [0.1, 0.15) is 0 Å². The minimum Gasteiger partial charge on any atom is -0.264 e. The zero-order valence-corrected chi connectivity index (χ0v) is 6.95. The molecule has 0 aliphatic carbocycles. The van der Waals surface area contributed by atoms with Crippen molar-refractivity contribution in [3.63, 3.8) is 0 Å². The van der Waals surface area contributed by atoms with E-state index in [1.165, 1.54) is 0 Å². The van der Waals surface area contributed by atoms with Gasteiger partial charge in [-0.1, -0.05) is 20.8 Å². The third kappa shape index (κ3) is 1.79. The Balaban J connectivity index is 3.76. The fourth-order valence-corrected chi connectivity index (χ4v) is 0.849. The Labute approximate surface area is 76.9 Å². The molecule has 1 aromatic rings. The van der Waals surface area contributed by atoms with E-state index in [0.29, 0.717) is 0 Å². The second-order valence-electron chi connectivity index (χ2n) is 3.46. The predicted octanol–water partition coefficient (Wildman–Crippen LogP) is 2.69. The summed E-state index contributed by atoms with van der Waals surface area (Å²) >= 11 is 0. The lowest BCUT2D eigenvalue weighted by atomic mass is 9.85. The average Bonchev–Trinajstić information content (AvgIpc) is 2.06. The maximum Gasteiger partial charge on any atom is 0.0843 e. The molecule has 1 heterocycles. The quantitative estimate of drug-likeness (QED) is 0.561. The number of aromatic nitrogens is 1. The molecule has 11 heavy (non-hydrogen) atoms. The third-order valence-electron chi connectivity index (χ3n) is 1.40. The van der Waals surface area contributed by atoms with E-state index in [4.69, 9.17) is 8.22 Å². The Morgan fingerprint density at radius 3 is 2.82 bits per heavy atom. The fraction of sp³-hybridized carbons (Fsp3) is 0.500. The van der Waals surface area contributed by atoms with Crippen LogP contribution < -0.4 is 0 Å². The van der Waals surface area contributed by atoms with Crippen LogP contribution in [0.15, 0.2) is 18.4 Å². The molecule has 0 amide bonds. The predicted molar refractivity (Wildman–Crippen MR) is 47.7 cm³/mol. The van der Waals surface area contributed by atoms with Crippen LogP contribution in [0.25, 0.3) is 0 Å². The zero-order chi connectivity index (χ0) is 13.6. The first kappa shape index (κ1) is 3.26. The van der Waals surface area contributed by atoms with Crippen molar-refractivity contribution in [2.45, 2.75) is 33.0 Å². The van der Waals surface area contributed by atoms with Crippen LogP contribution in [-0.2, 0) is 5.41 Å². The summed E-state index contributed by atoms with van der Waals surface area (Å²) in [5.74, 6) is 0. The number of pyridine rings is 1. The Morgan fingerprint density at radius 1 is 1.55 bits per heavy atom. The van der Waals surface area contributed by atoms with Gasteiger partial charge in [-0.05, 0) is 29.4 Å². The van der Waals surface area contributed by atoms with Crippen molar-refractivity contribution in [3.05, 3.63) is 29.5 Å². The van der Waals surface area contributed by atoms with Crippen molar-refractivity contribution in [2.75, 3.05) is 0 Å². The molecule has 0 spiro atoms. The van der Waals surface area contributed by atoms with E-state index in [9.17, 15) is 0 Å². The van der Waals surface area contributed by atoms with Crippen LogP contribution in [-0.4, -0.2) is 4.98 Å². The van der Waals surface area contributed by atoms with Gasteiger partial charge in [-0.25, -0.2) is 0 Å². The highest BCUT2D eigenvalue weighted by Crippen LogP contribution is 2.23. The topological polar surface area (TPSA) is 12.9 Å². The van der Waals surface area contributed by atoms with E-state index in [-0.39, 0.29) is 23.3 Å². The van der Waals surface area contributed by atoms with Crippen LogP contribution in [0.5, 0.6) is 0 Å². The SMILES string of the molecule is [2H]c1nc([2H])c(C([2H])([2H])[2H])c(C(C)(C)C)c1[2H]. The van der Waals surface area contributed by atoms with Crippen molar-refractivity contribution in [3.8, 4) is 0 Å². The van der Waals surface area contributed by atoms with Crippen molar-refractivity contribution >= 4 is 0 Å². The molecule has 0 saturated carbocycles. The van der Waals surface area contributed by atoms with Gasteiger partial charge in [0.15, 0.2) is 0 Å². The van der Waals surface area contributed by atoms with Gasteiger partial charge in [-0.3, -0.25) is 4.98 Å². The average molecular weight is 155 g/mol. The molecule has 0 radical (unpaired) electrons. The van der Waals surface area contributed by atoms with Crippen LogP contribution in [0.3, 0.4) is 0 Å². The van der Waals surface area contributed by atoms with Gasteiger partial charge in [-0.2, -0.15) is 0 Å². The molecule has 1 rings (SSSR count). The summed E-state index contributed by atoms with van der Waals surface area (Å²) in [6.07, 6.45) is -0.788. The maximum atomic E-state index is 7.79. The lowest BCUT2D eigenvalue weighted by molar-refractivity contribution is 0.585. The summed E-state index contributed by atoms with van der Waals surface area (Å²) in [6, 6.07) is -0.209. The molecule has 0 bridgehead atoms. The third-order valence-corrected chi connectivity index (χ3v) is 1.40. The molecule has 60 valence electrons. The van der Waals surface area contributed by atoms with E-state index in [1.807, 2.05) is 0 Å². The molecule has 0 N–H and O–H groups in total. The molecular weight excluding hydrogens is 134 g/mol. The van der Waals surface area contributed by atoms with Gasteiger partial charge in [0.25, 0.3) is 0 Å². The number of hydrogen-bond acceptors (Lipinski definition) is 1. The molecule has 0 aliphatic heterocycles. The van der Waals surface area contributed by atoms with Crippen LogP contribution in [0, 0.1) is 6.85 Å². The Hall–Kier alpha value is -0.850. The van der Waals surface area contributed by atoms with Gasteiger partial charge in [0.05, 0.1) is 4.11 Å². The van der Waals surface area contributed by atoms with Gasteiger partial charge in [0, 0.05) is 16.5 Å². The summed E-state index contributed by atoms with van der Waals surface area (Å²) in [7, 11) is 0. The monoisotopic (exact) mass is 155 g/mol. The molecule has 1 nitrogen and oxygen atoms in total. The van der Waals surface area contributed by atoms with Crippen LogP contribution in [0.1, 0.15) is 40.1 Å². The molecule has 0 aliphatic rings. The number of rotatable bonds is 0. The Morgan fingerprint density at radius 2 is 2.27 bits per heavy atom. The first-order valence-corrected chi connectivity index (χ1v) is 3.45. The van der Waals surface area contributed by atoms with Crippen LogP contribution in [0.2, 0.25) is 0 Å². The van der Waals surface area contributed by atoms with Gasteiger partial charge >= 0.3 is 0 Å². The molecule has 0 fully saturated rings. The lowest BCUT2D eigenvalue weighted by Crippen LogP contribution is -2.12. The molecule has 1 aromatic heterocycles. The summed E-state index contributed by atoms with van der Waals surface area (Å²) in [5.41, 5.74) is -0.622. The second-order valence-corrected chi connectivity index (χ2v) is 3.46. The number of hydrogen-bond donors (Lipinski definition) is 0. The Bertz CT molecular complexity index is 444. The van der Waals surface area contributed by atoms with Crippen molar-refractivity contribution < 1.29 is 8.22 Å². The minimum absolute atomic E-state index is 0.209. The van der Waals surface area contributed by atoms with E-state index < -0.39 is 18.4 Å². The lowest BCUT2D eigenvalue weighted by Gasteiger charge is -2.20. The highest BCUT2D eigenvalue weighted by atomic mass is 14.6. The molecule has 0 atom stereocenters. The minimum atomic E-state index is -2.49. The molecule has 0 unspecified atom stereocenters. The highest BCUT2D eigenvalue weighted by Gasteiger charge is 2.14.